The van der Waals surface area contributed by atoms with Crippen LogP contribution in [0.3, 0.4) is 0 Å². The third-order valence-corrected chi connectivity index (χ3v) is 3.18. The number of aliphatic hydroxyl groups is 1. The Morgan fingerprint density at radius 3 is 2.57 bits per heavy atom. The number of rotatable bonds is 8. The number of ether oxygens (including phenoxy) is 1. The van der Waals surface area contributed by atoms with E-state index in [4.69, 9.17) is 9.84 Å². The first-order chi connectivity index (χ1) is 11.2. The first kappa shape index (κ1) is 16.8. The Bertz CT molecular complexity index is 626. The maximum absolute atomic E-state index is 11.2. The first-order valence-corrected chi connectivity index (χ1v) is 7.67. The summed E-state index contributed by atoms with van der Waals surface area (Å²) >= 11 is 0. The number of carbonyl (C=O) groups is 1. The highest BCUT2D eigenvalue weighted by atomic mass is 16.5. The van der Waals surface area contributed by atoms with Gasteiger partial charge in [0.1, 0.15) is 12.4 Å². The van der Waals surface area contributed by atoms with Gasteiger partial charge in [-0.25, -0.2) is 0 Å². The zero-order valence-corrected chi connectivity index (χ0v) is 13.2. The number of nitrogens with one attached hydrogen (secondary N) is 2. The van der Waals surface area contributed by atoms with Crippen molar-refractivity contribution < 1.29 is 14.6 Å². The smallest absolute Gasteiger partial charge is 0.250 e. The lowest BCUT2D eigenvalue weighted by atomic mass is 10.2. The molecule has 0 heterocycles. The summed E-state index contributed by atoms with van der Waals surface area (Å²) in [6.07, 6.45) is 0.993. The summed E-state index contributed by atoms with van der Waals surface area (Å²) in [4.78, 5) is 11.2. The Morgan fingerprint density at radius 2 is 1.87 bits per heavy atom. The zero-order valence-electron chi connectivity index (χ0n) is 13.2. The van der Waals surface area contributed by atoms with Gasteiger partial charge in [-0.05, 0) is 42.3 Å². The fourth-order valence-electron chi connectivity index (χ4n) is 2.03. The van der Waals surface area contributed by atoms with Crippen LogP contribution >= 0.6 is 0 Å². The molecular weight excluding hydrogens is 292 g/mol. The Labute approximate surface area is 136 Å². The number of benzene rings is 2. The van der Waals surface area contributed by atoms with Gasteiger partial charge in [0.05, 0.1) is 6.61 Å². The zero-order chi connectivity index (χ0) is 16.5. The van der Waals surface area contributed by atoms with Crippen LogP contribution in [0.1, 0.15) is 18.9 Å². The summed E-state index contributed by atoms with van der Waals surface area (Å²) in [7, 11) is 0. The van der Waals surface area contributed by atoms with Crippen molar-refractivity contribution in [1.82, 2.24) is 0 Å². The van der Waals surface area contributed by atoms with Crippen LogP contribution in [-0.2, 0) is 11.3 Å². The molecule has 122 valence electrons. The highest BCUT2D eigenvalue weighted by Gasteiger charge is 2.01. The van der Waals surface area contributed by atoms with E-state index in [1.54, 1.807) is 6.07 Å². The molecule has 0 unspecified atom stereocenters. The first-order valence-electron chi connectivity index (χ1n) is 7.67. The summed E-state index contributed by atoms with van der Waals surface area (Å²) in [6, 6.07) is 15.3. The van der Waals surface area contributed by atoms with Gasteiger partial charge in [-0.1, -0.05) is 25.1 Å². The Kier molecular flexibility index (Phi) is 6.44. The van der Waals surface area contributed by atoms with Crippen LogP contribution in [0.15, 0.2) is 48.5 Å². The lowest BCUT2D eigenvalue weighted by Crippen LogP contribution is -2.15. The predicted octanol–water partition coefficient (Wildman–Crippen LogP) is 3.02. The average molecular weight is 314 g/mol. The van der Waals surface area contributed by atoms with Gasteiger partial charge in [0.15, 0.2) is 0 Å². The summed E-state index contributed by atoms with van der Waals surface area (Å²) in [5.41, 5.74) is 2.68. The number of hydrogen-bond acceptors (Lipinski definition) is 4. The van der Waals surface area contributed by atoms with Crippen molar-refractivity contribution in [3.05, 3.63) is 54.1 Å². The van der Waals surface area contributed by atoms with Crippen molar-refractivity contribution in [2.45, 2.75) is 19.9 Å². The molecule has 0 bridgehead atoms. The molecule has 3 N–H and O–H groups in total. The maximum Gasteiger partial charge on any atom is 0.250 e. The van der Waals surface area contributed by atoms with Gasteiger partial charge in [-0.2, -0.15) is 0 Å². The molecule has 0 radical (unpaired) electrons. The van der Waals surface area contributed by atoms with Crippen molar-refractivity contribution in [3.8, 4) is 5.75 Å². The van der Waals surface area contributed by atoms with E-state index in [0.29, 0.717) is 12.2 Å². The number of hydrogen-bond donors (Lipinski definition) is 3. The molecule has 0 aliphatic carbocycles. The fourth-order valence-corrected chi connectivity index (χ4v) is 2.03. The summed E-state index contributed by atoms with van der Waals surface area (Å²) in [5, 5.41) is 14.7. The maximum atomic E-state index is 11.2. The van der Waals surface area contributed by atoms with Gasteiger partial charge in [-0.15, -0.1) is 0 Å². The quantitative estimate of drug-likeness (QED) is 0.700. The molecule has 2 rings (SSSR count). The van der Waals surface area contributed by atoms with Gasteiger partial charge in [0.2, 0.25) is 5.91 Å². The average Bonchev–Trinajstić information content (AvgIpc) is 2.59. The van der Waals surface area contributed by atoms with Crippen molar-refractivity contribution in [2.75, 3.05) is 23.8 Å². The lowest BCUT2D eigenvalue weighted by molar-refractivity contribution is -0.118. The largest absolute Gasteiger partial charge is 0.494 e. The Balaban J connectivity index is 1.90. The summed E-state index contributed by atoms with van der Waals surface area (Å²) in [6.45, 7) is 2.95. The SMILES string of the molecule is CCCOc1ccc(CNc2cccc(NC(=O)CO)c2)cc1. The molecule has 1 amide bonds. The second-order valence-electron chi connectivity index (χ2n) is 5.13. The number of aliphatic hydroxyl groups excluding tert-OH is 1. The minimum absolute atomic E-state index is 0.426. The molecule has 5 heteroatoms. The van der Waals surface area contributed by atoms with Crippen molar-refractivity contribution in [1.29, 1.82) is 0 Å². The lowest BCUT2D eigenvalue weighted by Gasteiger charge is -2.10. The van der Waals surface area contributed by atoms with Crippen LogP contribution in [0.5, 0.6) is 5.75 Å². The van der Waals surface area contributed by atoms with E-state index in [1.165, 1.54) is 0 Å². The summed E-state index contributed by atoms with van der Waals surface area (Å²) in [5.74, 6) is 0.453. The van der Waals surface area contributed by atoms with E-state index in [2.05, 4.69) is 17.6 Å². The molecule has 0 spiro atoms. The van der Waals surface area contributed by atoms with E-state index in [9.17, 15) is 4.79 Å². The number of carbonyl (C=O) groups excluding carboxylic acids is 1. The van der Waals surface area contributed by atoms with E-state index >= 15 is 0 Å². The standard InChI is InChI=1S/C18H22N2O3/c1-2-10-23-17-8-6-14(7-9-17)12-19-15-4-3-5-16(11-15)20-18(22)13-21/h3-9,11,19,21H,2,10,12-13H2,1H3,(H,20,22). The number of amides is 1. The van der Waals surface area contributed by atoms with Crippen LogP contribution in [-0.4, -0.2) is 24.2 Å². The second-order valence-corrected chi connectivity index (χ2v) is 5.13. The van der Waals surface area contributed by atoms with Gasteiger partial charge >= 0.3 is 0 Å². The molecule has 0 fully saturated rings. The fraction of sp³-hybridized carbons (Fsp3) is 0.278. The highest BCUT2D eigenvalue weighted by molar-refractivity contribution is 5.91. The minimum atomic E-state index is -0.524. The molecule has 0 aliphatic rings. The monoisotopic (exact) mass is 314 g/mol. The molecule has 5 nitrogen and oxygen atoms in total. The Hall–Kier alpha value is -2.53. The highest BCUT2D eigenvalue weighted by Crippen LogP contribution is 2.17. The molecule has 0 atom stereocenters. The van der Waals surface area contributed by atoms with E-state index < -0.39 is 12.5 Å². The topological polar surface area (TPSA) is 70.6 Å². The van der Waals surface area contributed by atoms with Crippen LogP contribution in [0, 0.1) is 0 Å². The van der Waals surface area contributed by atoms with Crippen molar-refractivity contribution >= 4 is 17.3 Å². The molecule has 0 saturated heterocycles. The normalized spacial score (nSPS) is 10.2. The number of anilines is 2. The molecular formula is C18H22N2O3. The van der Waals surface area contributed by atoms with Crippen molar-refractivity contribution in [2.24, 2.45) is 0 Å². The van der Waals surface area contributed by atoms with Gasteiger partial charge in [-0.3, -0.25) is 4.79 Å². The van der Waals surface area contributed by atoms with Crippen LogP contribution in [0.25, 0.3) is 0 Å². The molecule has 2 aromatic carbocycles. The second kappa shape index (κ2) is 8.80. The van der Waals surface area contributed by atoms with Crippen LogP contribution in [0.4, 0.5) is 11.4 Å². The third-order valence-electron chi connectivity index (χ3n) is 3.18. The summed E-state index contributed by atoms with van der Waals surface area (Å²) < 4.78 is 5.56. The molecule has 0 aromatic heterocycles. The van der Waals surface area contributed by atoms with E-state index in [0.717, 1.165) is 30.0 Å². The van der Waals surface area contributed by atoms with E-state index in [1.807, 2.05) is 42.5 Å². The molecule has 2 aromatic rings. The predicted molar refractivity (Wildman–Crippen MR) is 91.7 cm³/mol. The van der Waals surface area contributed by atoms with Gasteiger partial charge < -0.3 is 20.5 Å². The van der Waals surface area contributed by atoms with Crippen LogP contribution in [0.2, 0.25) is 0 Å². The van der Waals surface area contributed by atoms with Crippen molar-refractivity contribution in [3.63, 3.8) is 0 Å². The molecule has 0 aliphatic heterocycles. The molecule has 23 heavy (non-hydrogen) atoms. The third kappa shape index (κ3) is 5.64. The van der Waals surface area contributed by atoms with Gasteiger partial charge in [0.25, 0.3) is 0 Å². The van der Waals surface area contributed by atoms with Gasteiger partial charge in [0, 0.05) is 17.9 Å². The Morgan fingerprint density at radius 1 is 1.13 bits per heavy atom. The van der Waals surface area contributed by atoms with Crippen LogP contribution < -0.4 is 15.4 Å². The van der Waals surface area contributed by atoms with E-state index in [-0.39, 0.29) is 0 Å². The minimum Gasteiger partial charge on any atom is -0.494 e. The molecule has 0 saturated carbocycles.